The summed E-state index contributed by atoms with van der Waals surface area (Å²) in [5.41, 5.74) is 0.375. The van der Waals surface area contributed by atoms with E-state index in [0.29, 0.717) is 30.6 Å². The Bertz CT molecular complexity index is 606. The van der Waals surface area contributed by atoms with Crippen LogP contribution in [0.1, 0.15) is 66.2 Å². The second-order valence-corrected chi connectivity index (χ2v) is 9.92. The Morgan fingerprint density at radius 3 is 2.62 bits per heavy atom. The van der Waals surface area contributed by atoms with Crippen molar-refractivity contribution in [2.45, 2.75) is 77.9 Å². The van der Waals surface area contributed by atoms with Gasteiger partial charge >= 0.3 is 0 Å². The highest BCUT2D eigenvalue weighted by Gasteiger charge is 2.65. The maximum Gasteiger partial charge on any atom is 0.155 e. The van der Waals surface area contributed by atoms with Crippen molar-refractivity contribution in [2.24, 2.45) is 34.5 Å². The Kier molecular flexibility index (Phi) is 3.46. The maximum absolute atomic E-state index is 12.0. The molecule has 0 radical (unpaired) electrons. The number of carbonyl (C=O) groups excluding carboxylic acids is 1. The summed E-state index contributed by atoms with van der Waals surface area (Å²) in [5.74, 6) is 1.84. The molecule has 0 spiro atoms. The molecule has 0 aliphatic heterocycles. The summed E-state index contributed by atoms with van der Waals surface area (Å²) in [7, 11) is 0. The van der Waals surface area contributed by atoms with Crippen molar-refractivity contribution >= 4 is 5.78 Å². The van der Waals surface area contributed by atoms with Crippen LogP contribution in [-0.4, -0.2) is 27.7 Å². The van der Waals surface area contributed by atoms with Crippen molar-refractivity contribution in [2.75, 3.05) is 0 Å². The van der Waals surface area contributed by atoms with Gasteiger partial charge in [-0.2, -0.15) is 0 Å². The molecular formula is C21H32O3. The van der Waals surface area contributed by atoms with E-state index in [1.807, 2.05) is 13.0 Å². The van der Waals surface area contributed by atoms with Crippen LogP contribution in [-0.2, 0) is 4.79 Å². The SMILES string of the molecule is C[C@@H]1C[C@@H]2[C@H]([C@@H](O)C[C@@]3(C)[C@H]2CC[C@@]3(C)O)[C@@]2(C)CCC(=O)C=C12. The first kappa shape index (κ1) is 16.8. The van der Waals surface area contributed by atoms with Crippen molar-refractivity contribution < 1.29 is 15.0 Å². The lowest BCUT2D eigenvalue weighted by Crippen LogP contribution is -2.60. The van der Waals surface area contributed by atoms with Crippen molar-refractivity contribution in [3.05, 3.63) is 11.6 Å². The minimum atomic E-state index is -0.674. The third kappa shape index (κ3) is 1.94. The summed E-state index contributed by atoms with van der Waals surface area (Å²) in [6.45, 7) is 8.72. The van der Waals surface area contributed by atoms with Gasteiger partial charge in [-0.1, -0.05) is 26.3 Å². The number of allylic oxidation sites excluding steroid dienone is 1. The summed E-state index contributed by atoms with van der Waals surface area (Å²) in [6, 6.07) is 0. The molecule has 0 amide bonds. The molecule has 3 nitrogen and oxygen atoms in total. The summed E-state index contributed by atoms with van der Waals surface area (Å²) in [6.07, 6.45) is 6.66. The van der Waals surface area contributed by atoms with E-state index >= 15 is 0 Å². The second-order valence-electron chi connectivity index (χ2n) is 9.92. The Balaban J connectivity index is 1.79. The van der Waals surface area contributed by atoms with Crippen LogP contribution in [0.25, 0.3) is 0 Å². The van der Waals surface area contributed by atoms with Gasteiger partial charge in [0.1, 0.15) is 0 Å². The van der Waals surface area contributed by atoms with Gasteiger partial charge in [-0.05, 0) is 74.2 Å². The molecule has 3 fully saturated rings. The largest absolute Gasteiger partial charge is 0.393 e. The molecule has 3 heteroatoms. The fourth-order valence-electron chi connectivity index (χ4n) is 7.34. The third-order valence-electron chi connectivity index (χ3n) is 8.78. The first-order valence-electron chi connectivity index (χ1n) is 9.75. The number of aliphatic hydroxyl groups is 2. The Morgan fingerprint density at radius 1 is 1.21 bits per heavy atom. The number of fused-ring (bicyclic) bond motifs is 5. The molecule has 4 aliphatic carbocycles. The minimum absolute atomic E-state index is 0.0502. The zero-order valence-electron chi connectivity index (χ0n) is 15.5. The van der Waals surface area contributed by atoms with Gasteiger partial charge in [0.2, 0.25) is 0 Å². The molecule has 0 aromatic heterocycles. The first-order valence-corrected chi connectivity index (χ1v) is 9.75. The van der Waals surface area contributed by atoms with Gasteiger partial charge in [0.15, 0.2) is 5.78 Å². The average molecular weight is 332 g/mol. The number of rotatable bonds is 0. The molecule has 3 saturated carbocycles. The fraction of sp³-hybridized carbons (Fsp3) is 0.857. The van der Waals surface area contributed by atoms with Gasteiger partial charge in [0, 0.05) is 11.8 Å². The average Bonchev–Trinajstić information content (AvgIpc) is 2.71. The highest BCUT2D eigenvalue weighted by Crippen LogP contribution is 2.68. The molecule has 134 valence electrons. The Labute approximate surface area is 145 Å². The zero-order chi connectivity index (χ0) is 17.5. The predicted molar refractivity (Wildman–Crippen MR) is 93.3 cm³/mol. The number of hydrogen-bond donors (Lipinski definition) is 2. The lowest BCUT2D eigenvalue weighted by Gasteiger charge is -2.61. The lowest BCUT2D eigenvalue weighted by atomic mass is 9.44. The van der Waals surface area contributed by atoms with Gasteiger partial charge in [-0.25, -0.2) is 0 Å². The Morgan fingerprint density at radius 2 is 1.92 bits per heavy atom. The van der Waals surface area contributed by atoms with Gasteiger partial charge in [0.25, 0.3) is 0 Å². The van der Waals surface area contributed by atoms with E-state index in [0.717, 1.165) is 25.7 Å². The van der Waals surface area contributed by atoms with Crippen LogP contribution in [0.5, 0.6) is 0 Å². The monoisotopic (exact) mass is 332 g/mol. The molecule has 4 aliphatic rings. The van der Waals surface area contributed by atoms with E-state index in [4.69, 9.17) is 0 Å². The molecule has 0 saturated heterocycles. The van der Waals surface area contributed by atoms with Crippen LogP contribution in [0.15, 0.2) is 11.6 Å². The molecule has 4 rings (SSSR count). The van der Waals surface area contributed by atoms with Gasteiger partial charge in [-0.15, -0.1) is 0 Å². The van der Waals surface area contributed by atoms with Gasteiger partial charge < -0.3 is 10.2 Å². The molecule has 0 heterocycles. The second kappa shape index (κ2) is 4.94. The highest BCUT2D eigenvalue weighted by molar-refractivity contribution is 5.91. The van der Waals surface area contributed by atoms with E-state index in [1.54, 1.807) is 0 Å². The van der Waals surface area contributed by atoms with Crippen LogP contribution in [0.3, 0.4) is 0 Å². The normalized spacial score (nSPS) is 57.0. The quantitative estimate of drug-likeness (QED) is 0.714. The minimum Gasteiger partial charge on any atom is -0.393 e. The van der Waals surface area contributed by atoms with Crippen LogP contribution in [0.2, 0.25) is 0 Å². The number of carbonyl (C=O) groups is 1. The zero-order valence-corrected chi connectivity index (χ0v) is 15.5. The van der Waals surface area contributed by atoms with Gasteiger partial charge in [0.05, 0.1) is 11.7 Å². The van der Waals surface area contributed by atoms with Crippen LogP contribution in [0.4, 0.5) is 0 Å². The lowest BCUT2D eigenvalue weighted by molar-refractivity contribution is -0.170. The number of ketones is 1. The molecular weight excluding hydrogens is 300 g/mol. The maximum atomic E-state index is 12.0. The van der Waals surface area contributed by atoms with E-state index in [-0.39, 0.29) is 28.6 Å². The number of aliphatic hydroxyl groups excluding tert-OH is 1. The Hall–Kier alpha value is -0.670. The topological polar surface area (TPSA) is 57.5 Å². The molecule has 0 unspecified atom stereocenters. The summed E-state index contributed by atoms with van der Waals surface area (Å²) >= 11 is 0. The predicted octanol–water partition coefficient (Wildman–Crippen LogP) is 3.49. The molecule has 0 aromatic carbocycles. The molecule has 2 N–H and O–H groups in total. The van der Waals surface area contributed by atoms with Crippen molar-refractivity contribution in [3.63, 3.8) is 0 Å². The van der Waals surface area contributed by atoms with Crippen LogP contribution >= 0.6 is 0 Å². The third-order valence-corrected chi connectivity index (χ3v) is 8.78. The molecule has 0 bridgehead atoms. The standard InChI is InChI=1S/C21H32O3/c1-12-9-14-15-6-8-21(4,24)20(15,3)11-17(23)18(14)19(2)7-5-13(22)10-16(12)19/h10,12,14-15,17-18,23-24H,5-9,11H2,1-4H3/t12-,14+,15+,17+,18-,19+,20+,21-/m1/s1. The van der Waals surface area contributed by atoms with E-state index < -0.39 is 5.60 Å². The van der Waals surface area contributed by atoms with Crippen LogP contribution in [0, 0.1) is 34.5 Å². The highest BCUT2D eigenvalue weighted by atomic mass is 16.3. The van der Waals surface area contributed by atoms with Crippen LogP contribution < -0.4 is 0 Å². The van der Waals surface area contributed by atoms with E-state index in [2.05, 4.69) is 20.8 Å². The summed E-state index contributed by atoms with van der Waals surface area (Å²) < 4.78 is 0. The molecule has 24 heavy (non-hydrogen) atoms. The van der Waals surface area contributed by atoms with Gasteiger partial charge in [-0.3, -0.25) is 4.79 Å². The molecule has 8 atom stereocenters. The smallest absolute Gasteiger partial charge is 0.155 e. The molecule has 0 aromatic rings. The van der Waals surface area contributed by atoms with Crippen molar-refractivity contribution in [1.82, 2.24) is 0 Å². The first-order chi connectivity index (χ1) is 11.1. The summed E-state index contributed by atoms with van der Waals surface area (Å²) in [5, 5.41) is 22.2. The number of hydrogen-bond acceptors (Lipinski definition) is 3. The summed E-state index contributed by atoms with van der Waals surface area (Å²) in [4.78, 5) is 12.0. The fourth-order valence-corrected chi connectivity index (χ4v) is 7.34. The van der Waals surface area contributed by atoms with E-state index in [1.165, 1.54) is 5.57 Å². The van der Waals surface area contributed by atoms with Crippen molar-refractivity contribution in [3.8, 4) is 0 Å². The van der Waals surface area contributed by atoms with E-state index in [9.17, 15) is 15.0 Å². The van der Waals surface area contributed by atoms with Crippen molar-refractivity contribution in [1.29, 1.82) is 0 Å².